The number of hydrogen-bond acceptors (Lipinski definition) is 3. The minimum Gasteiger partial charge on any atom is -0.496 e. The molecular formula is C16H13F3O3. The Morgan fingerprint density at radius 1 is 1.14 bits per heavy atom. The van der Waals surface area contributed by atoms with Crippen LogP contribution in [0.25, 0.3) is 0 Å². The lowest BCUT2D eigenvalue weighted by Gasteiger charge is -2.13. The molecule has 0 bridgehead atoms. The van der Waals surface area contributed by atoms with Crippen LogP contribution < -0.4 is 9.47 Å². The summed E-state index contributed by atoms with van der Waals surface area (Å²) in [5.74, 6) is 0.549. The van der Waals surface area contributed by atoms with Crippen LogP contribution in [0, 0.1) is 0 Å². The quantitative estimate of drug-likeness (QED) is 0.780. The van der Waals surface area contributed by atoms with E-state index in [2.05, 4.69) is 0 Å². The maximum absolute atomic E-state index is 12.8. The third kappa shape index (κ3) is 3.78. The van der Waals surface area contributed by atoms with Crippen molar-refractivity contribution in [3.63, 3.8) is 0 Å². The van der Waals surface area contributed by atoms with Gasteiger partial charge in [0.1, 0.15) is 24.4 Å². The minimum atomic E-state index is -4.54. The Bertz CT molecular complexity index is 666. The van der Waals surface area contributed by atoms with E-state index in [1.807, 2.05) is 0 Å². The van der Waals surface area contributed by atoms with Gasteiger partial charge in [-0.1, -0.05) is 18.2 Å². The van der Waals surface area contributed by atoms with E-state index >= 15 is 0 Å². The minimum absolute atomic E-state index is 0.0252. The summed E-state index contributed by atoms with van der Waals surface area (Å²) in [4.78, 5) is 10.8. The Labute approximate surface area is 125 Å². The second-order valence-electron chi connectivity index (χ2n) is 4.51. The smallest absolute Gasteiger partial charge is 0.416 e. The van der Waals surface area contributed by atoms with Crippen LogP contribution >= 0.6 is 0 Å². The molecule has 0 aliphatic carbocycles. The molecule has 22 heavy (non-hydrogen) atoms. The van der Waals surface area contributed by atoms with E-state index in [9.17, 15) is 18.0 Å². The Morgan fingerprint density at radius 2 is 1.86 bits per heavy atom. The topological polar surface area (TPSA) is 35.5 Å². The molecule has 0 atom stereocenters. The van der Waals surface area contributed by atoms with Crippen molar-refractivity contribution >= 4 is 6.29 Å². The predicted molar refractivity (Wildman–Crippen MR) is 74.2 cm³/mol. The zero-order valence-corrected chi connectivity index (χ0v) is 11.7. The van der Waals surface area contributed by atoms with E-state index in [0.717, 1.165) is 12.1 Å². The van der Waals surface area contributed by atoms with Gasteiger partial charge in [-0.3, -0.25) is 4.79 Å². The number of carbonyl (C=O) groups excluding carboxylic acids is 1. The summed E-state index contributed by atoms with van der Waals surface area (Å²) in [5, 5.41) is 0. The van der Waals surface area contributed by atoms with E-state index in [0.29, 0.717) is 17.6 Å². The first-order valence-corrected chi connectivity index (χ1v) is 6.36. The second kappa shape index (κ2) is 6.51. The molecule has 0 aliphatic rings. The SMILES string of the molecule is COc1ccccc1COc1cc(C=O)cc(C(F)(F)F)c1. The van der Waals surface area contributed by atoms with Crippen LogP contribution in [0.2, 0.25) is 0 Å². The lowest BCUT2D eigenvalue weighted by atomic mass is 10.1. The lowest BCUT2D eigenvalue weighted by molar-refractivity contribution is -0.137. The zero-order chi connectivity index (χ0) is 16.2. The first kappa shape index (κ1) is 15.9. The molecule has 0 N–H and O–H groups in total. The number of benzene rings is 2. The highest BCUT2D eigenvalue weighted by Gasteiger charge is 2.31. The normalized spacial score (nSPS) is 11.1. The van der Waals surface area contributed by atoms with Crippen molar-refractivity contribution < 1.29 is 27.4 Å². The molecular weight excluding hydrogens is 297 g/mol. The van der Waals surface area contributed by atoms with Crippen LogP contribution in [0.3, 0.4) is 0 Å². The van der Waals surface area contributed by atoms with Gasteiger partial charge in [0.25, 0.3) is 0 Å². The van der Waals surface area contributed by atoms with Crippen LogP contribution in [-0.4, -0.2) is 13.4 Å². The summed E-state index contributed by atoms with van der Waals surface area (Å²) in [6, 6.07) is 9.92. The molecule has 2 aromatic rings. The van der Waals surface area contributed by atoms with Gasteiger partial charge in [-0.15, -0.1) is 0 Å². The van der Waals surface area contributed by atoms with Crippen molar-refractivity contribution in [1.29, 1.82) is 0 Å². The van der Waals surface area contributed by atoms with Crippen molar-refractivity contribution in [3.05, 3.63) is 59.2 Å². The fourth-order valence-corrected chi connectivity index (χ4v) is 1.92. The average Bonchev–Trinajstić information content (AvgIpc) is 2.52. The lowest BCUT2D eigenvalue weighted by Crippen LogP contribution is -2.07. The van der Waals surface area contributed by atoms with Gasteiger partial charge in [0.15, 0.2) is 0 Å². The number of para-hydroxylation sites is 1. The fraction of sp³-hybridized carbons (Fsp3) is 0.188. The molecule has 0 fully saturated rings. The molecule has 2 aromatic carbocycles. The summed E-state index contributed by atoms with van der Waals surface area (Å²) in [7, 11) is 1.49. The van der Waals surface area contributed by atoms with Crippen LogP contribution in [0.5, 0.6) is 11.5 Å². The maximum Gasteiger partial charge on any atom is 0.416 e. The molecule has 0 heterocycles. The molecule has 0 spiro atoms. The Balaban J connectivity index is 2.24. The third-order valence-electron chi connectivity index (χ3n) is 2.98. The molecule has 0 unspecified atom stereocenters. The van der Waals surface area contributed by atoms with Crippen molar-refractivity contribution in [2.75, 3.05) is 7.11 Å². The van der Waals surface area contributed by atoms with Gasteiger partial charge in [-0.2, -0.15) is 13.2 Å². The van der Waals surface area contributed by atoms with E-state index in [1.54, 1.807) is 24.3 Å². The second-order valence-corrected chi connectivity index (χ2v) is 4.51. The summed E-state index contributed by atoms with van der Waals surface area (Å²) >= 11 is 0. The molecule has 116 valence electrons. The highest BCUT2D eigenvalue weighted by Crippen LogP contribution is 2.32. The Hall–Kier alpha value is -2.50. The van der Waals surface area contributed by atoms with Crippen LogP contribution in [-0.2, 0) is 12.8 Å². The molecule has 3 nitrogen and oxygen atoms in total. The van der Waals surface area contributed by atoms with E-state index < -0.39 is 11.7 Å². The summed E-state index contributed by atoms with van der Waals surface area (Å²) in [6.45, 7) is 0.0314. The van der Waals surface area contributed by atoms with Gasteiger partial charge in [-0.05, 0) is 24.3 Å². The standard InChI is InChI=1S/C16H13F3O3/c1-21-15-5-3-2-4-12(15)10-22-14-7-11(9-20)6-13(8-14)16(17,18)19/h2-9H,10H2,1H3. The van der Waals surface area contributed by atoms with E-state index in [4.69, 9.17) is 9.47 Å². The molecule has 0 amide bonds. The van der Waals surface area contributed by atoms with Crippen molar-refractivity contribution in [2.45, 2.75) is 12.8 Å². The van der Waals surface area contributed by atoms with E-state index in [1.165, 1.54) is 13.2 Å². The van der Waals surface area contributed by atoms with Crippen LogP contribution in [0.15, 0.2) is 42.5 Å². The molecule has 6 heteroatoms. The number of ether oxygens (including phenoxy) is 2. The maximum atomic E-state index is 12.8. The Morgan fingerprint density at radius 3 is 2.50 bits per heavy atom. The number of aldehydes is 1. The summed E-state index contributed by atoms with van der Waals surface area (Å²) < 4.78 is 48.8. The summed E-state index contributed by atoms with van der Waals surface area (Å²) in [6.07, 6.45) is -4.19. The van der Waals surface area contributed by atoms with Gasteiger partial charge in [0.2, 0.25) is 0 Å². The number of methoxy groups -OCH3 is 1. The number of alkyl halides is 3. The van der Waals surface area contributed by atoms with Crippen molar-refractivity contribution in [1.82, 2.24) is 0 Å². The van der Waals surface area contributed by atoms with Crippen molar-refractivity contribution in [2.24, 2.45) is 0 Å². The average molecular weight is 310 g/mol. The van der Waals surface area contributed by atoms with Gasteiger partial charge in [0, 0.05) is 11.1 Å². The molecule has 0 aliphatic heterocycles. The molecule has 0 saturated heterocycles. The van der Waals surface area contributed by atoms with Gasteiger partial charge >= 0.3 is 6.18 Å². The molecule has 2 rings (SSSR count). The van der Waals surface area contributed by atoms with Gasteiger partial charge in [-0.25, -0.2) is 0 Å². The largest absolute Gasteiger partial charge is 0.496 e. The van der Waals surface area contributed by atoms with Crippen LogP contribution in [0.1, 0.15) is 21.5 Å². The van der Waals surface area contributed by atoms with Gasteiger partial charge < -0.3 is 9.47 Å². The first-order valence-electron chi connectivity index (χ1n) is 6.36. The number of halogens is 3. The summed E-state index contributed by atoms with van der Waals surface area (Å²) in [5.41, 5.74) is -0.327. The fourth-order valence-electron chi connectivity index (χ4n) is 1.92. The highest BCUT2D eigenvalue weighted by atomic mass is 19.4. The number of carbonyl (C=O) groups is 1. The van der Waals surface area contributed by atoms with E-state index in [-0.39, 0.29) is 17.9 Å². The number of rotatable bonds is 5. The Kier molecular flexibility index (Phi) is 4.70. The third-order valence-corrected chi connectivity index (χ3v) is 2.98. The molecule has 0 aromatic heterocycles. The van der Waals surface area contributed by atoms with Crippen LogP contribution in [0.4, 0.5) is 13.2 Å². The molecule has 0 radical (unpaired) electrons. The van der Waals surface area contributed by atoms with Crippen molar-refractivity contribution in [3.8, 4) is 11.5 Å². The zero-order valence-electron chi connectivity index (χ0n) is 11.7. The van der Waals surface area contributed by atoms with Gasteiger partial charge in [0.05, 0.1) is 12.7 Å². The molecule has 0 saturated carbocycles. The predicted octanol–water partition coefficient (Wildman–Crippen LogP) is 4.11. The first-order chi connectivity index (χ1) is 10.4. The highest BCUT2D eigenvalue weighted by molar-refractivity contribution is 5.76. The monoisotopic (exact) mass is 310 g/mol. The number of hydrogen-bond donors (Lipinski definition) is 0.